The predicted molar refractivity (Wildman–Crippen MR) is 73.1 cm³/mol. The second-order valence-corrected chi connectivity index (χ2v) is 5.34. The summed E-state index contributed by atoms with van der Waals surface area (Å²) in [6.45, 7) is 1.03. The van der Waals surface area contributed by atoms with Crippen molar-refractivity contribution >= 4 is 23.3 Å². The van der Waals surface area contributed by atoms with Gasteiger partial charge in [-0.15, -0.1) is 0 Å². The Bertz CT molecular complexity index is 589. The van der Waals surface area contributed by atoms with Crippen molar-refractivity contribution in [2.75, 3.05) is 18.0 Å². The van der Waals surface area contributed by atoms with Crippen molar-refractivity contribution in [3.05, 3.63) is 30.1 Å². The molecule has 0 aliphatic carbocycles. The summed E-state index contributed by atoms with van der Waals surface area (Å²) in [5.74, 6) is -0.795. The summed E-state index contributed by atoms with van der Waals surface area (Å²) in [6, 6.07) is 4.79. The Hall–Kier alpha value is -2.08. The van der Waals surface area contributed by atoms with E-state index >= 15 is 0 Å². The van der Waals surface area contributed by atoms with Gasteiger partial charge in [0.2, 0.25) is 5.91 Å². The predicted octanol–water partition coefficient (Wildman–Crippen LogP) is 1.12. The normalized spacial score (nSPS) is 24.0. The lowest BCUT2D eigenvalue weighted by molar-refractivity contribution is -0.127. The number of ketones is 1. The van der Waals surface area contributed by atoms with Crippen LogP contribution in [-0.4, -0.2) is 41.6 Å². The van der Waals surface area contributed by atoms with Gasteiger partial charge in [-0.2, -0.15) is 0 Å². The van der Waals surface area contributed by atoms with Gasteiger partial charge in [0.1, 0.15) is 11.6 Å². The fourth-order valence-electron chi connectivity index (χ4n) is 2.85. The molecule has 0 bridgehead atoms. The van der Waals surface area contributed by atoms with Crippen molar-refractivity contribution in [2.45, 2.75) is 25.3 Å². The number of likely N-dealkylation sites (tertiary alicyclic amines) is 1. The topological polar surface area (TPSA) is 57.7 Å². The first-order chi connectivity index (χ1) is 10.1. The lowest BCUT2D eigenvalue weighted by atomic mass is 10.1. The number of amides is 2. The zero-order valence-electron chi connectivity index (χ0n) is 11.4. The van der Waals surface area contributed by atoms with Crippen LogP contribution in [-0.2, 0) is 14.4 Å². The Labute approximate surface area is 121 Å². The number of halogens is 1. The SMILES string of the molecule is O=C1CCN(C2CC(=O)N(c3ccc(F)cc3)C2=O)CC1. The molecule has 0 saturated carbocycles. The van der Waals surface area contributed by atoms with Crippen LogP contribution in [0.3, 0.4) is 0 Å². The first kappa shape index (κ1) is 13.9. The smallest absolute Gasteiger partial charge is 0.251 e. The van der Waals surface area contributed by atoms with Crippen LogP contribution in [0, 0.1) is 5.82 Å². The van der Waals surface area contributed by atoms with Crippen molar-refractivity contribution in [1.82, 2.24) is 4.90 Å². The van der Waals surface area contributed by atoms with Crippen LogP contribution in [0.1, 0.15) is 19.3 Å². The number of hydrogen-bond donors (Lipinski definition) is 0. The molecular formula is C15H15FN2O3. The van der Waals surface area contributed by atoms with Crippen LogP contribution in [0.25, 0.3) is 0 Å². The number of carbonyl (C=O) groups is 3. The van der Waals surface area contributed by atoms with E-state index < -0.39 is 11.9 Å². The molecule has 2 saturated heterocycles. The minimum atomic E-state index is -0.504. The third kappa shape index (κ3) is 2.58. The Kier molecular flexibility index (Phi) is 3.55. The van der Waals surface area contributed by atoms with Crippen LogP contribution in [0.15, 0.2) is 24.3 Å². The number of anilines is 1. The van der Waals surface area contributed by atoms with Gasteiger partial charge in [-0.05, 0) is 24.3 Å². The summed E-state index contributed by atoms with van der Waals surface area (Å²) >= 11 is 0. The molecule has 6 heteroatoms. The summed E-state index contributed by atoms with van der Waals surface area (Å²) in [5, 5.41) is 0. The van der Waals surface area contributed by atoms with Gasteiger partial charge in [-0.3, -0.25) is 19.3 Å². The summed E-state index contributed by atoms with van der Waals surface area (Å²) in [6.07, 6.45) is 0.966. The summed E-state index contributed by atoms with van der Waals surface area (Å²) < 4.78 is 12.9. The molecule has 1 aromatic rings. The van der Waals surface area contributed by atoms with Gasteiger partial charge in [0.05, 0.1) is 18.2 Å². The Morgan fingerprint density at radius 1 is 1.00 bits per heavy atom. The van der Waals surface area contributed by atoms with E-state index in [4.69, 9.17) is 0 Å². The van der Waals surface area contributed by atoms with E-state index in [1.165, 1.54) is 24.3 Å². The first-order valence-electron chi connectivity index (χ1n) is 6.94. The van der Waals surface area contributed by atoms with E-state index in [1.54, 1.807) is 0 Å². The van der Waals surface area contributed by atoms with Gasteiger partial charge in [-0.25, -0.2) is 9.29 Å². The Morgan fingerprint density at radius 2 is 1.62 bits per heavy atom. The zero-order valence-corrected chi connectivity index (χ0v) is 11.4. The maximum absolute atomic E-state index is 12.9. The molecule has 110 valence electrons. The first-order valence-corrected chi connectivity index (χ1v) is 6.94. The number of rotatable bonds is 2. The third-order valence-corrected chi connectivity index (χ3v) is 4.00. The molecule has 0 aromatic heterocycles. The number of hydrogen-bond acceptors (Lipinski definition) is 4. The fraction of sp³-hybridized carbons (Fsp3) is 0.400. The van der Waals surface area contributed by atoms with Gasteiger partial charge in [0.25, 0.3) is 5.91 Å². The summed E-state index contributed by atoms with van der Waals surface area (Å²) in [7, 11) is 0. The van der Waals surface area contributed by atoms with Crippen molar-refractivity contribution < 1.29 is 18.8 Å². The average molecular weight is 290 g/mol. The molecule has 0 spiro atoms. The highest BCUT2D eigenvalue weighted by Gasteiger charge is 2.43. The van der Waals surface area contributed by atoms with Crippen LogP contribution < -0.4 is 4.90 Å². The van der Waals surface area contributed by atoms with Crippen LogP contribution in [0.5, 0.6) is 0 Å². The summed E-state index contributed by atoms with van der Waals surface area (Å²) in [5.41, 5.74) is 0.391. The van der Waals surface area contributed by atoms with Gasteiger partial charge >= 0.3 is 0 Å². The highest BCUT2D eigenvalue weighted by molar-refractivity contribution is 6.22. The number of carbonyl (C=O) groups excluding carboxylic acids is 3. The van der Waals surface area contributed by atoms with Crippen LogP contribution in [0.2, 0.25) is 0 Å². The lowest BCUT2D eigenvalue weighted by Crippen LogP contribution is -2.46. The van der Waals surface area contributed by atoms with E-state index in [9.17, 15) is 18.8 Å². The Morgan fingerprint density at radius 3 is 2.24 bits per heavy atom. The van der Waals surface area contributed by atoms with Gasteiger partial charge < -0.3 is 0 Å². The quantitative estimate of drug-likeness (QED) is 0.766. The highest BCUT2D eigenvalue weighted by Crippen LogP contribution is 2.27. The molecule has 21 heavy (non-hydrogen) atoms. The molecule has 1 unspecified atom stereocenters. The minimum Gasteiger partial charge on any atom is -0.300 e. The molecule has 3 rings (SSSR count). The van der Waals surface area contributed by atoms with Crippen molar-refractivity contribution in [2.24, 2.45) is 0 Å². The standard InChI is InChI=1S/C15H15FN2O3/c16-10-1-3-11(4-2-10)18-14(20)9-13(15(18)21)17-7-5-12(19)6-8-17/h1-4,13H,5-9H2. The molecule has 2 fully saturated rings. The molecule has 1 aromatic carbocycles. The molecule has 0 radical (unpaired) electrons. The molecule has 2 aliphatic rings. The maximum Gasteiger partial charge on any atom is 0.251 e. The molecule has 2 amide bonds. The number of imide groups is 1. The molecule has 1 atom stereocenters. The second-order valence-electron chi connectivity index (χ2n) is 5.34. The van der Waals surface area contributed by atoms with E-state index in [0.717, 1.165) is 4.90 Å². The maximum atomic E-state index is 12.9. The molecule has 0 N–H and O–H groups in total. The van der Waals surface area contributed by atoms with Crippen molar-refractivity contribution in [1.29, 1.82) is 0 Å². The van der Waals surface area contributed by atoms with Gasteiger partial charge in [-0.1, -0.05) is 0 Å². The fourth-order valence-corrected chi connectivity index (χ4v) is 2.85. The molecule has 2 aliphatic heterocycles. The van der Waals surface area contributed by atoms with Gasteiger partial charge in [0, 0.05) is 25.9 Å². The third-order valence-electron chi connectivity index (χ3n) is 4.00. The summed E-state index contributed by atoms with van der Waals surface area (Å²) in [4.78, 5) is 38.8. The van der Waals surface area contributed by atoms with Crippen molar-refractivity contribution in [3.63, 3.8) is 0 Å². The monoisotopic (exact) mass is 290 g/mol. The van der Waals surface area contributed by atoms with Gasteiger partial charge in [0.15, 0.2) is 0 Å². The van der Waals surface area contributed by atoms with E-state index in [2.05, 4.69) is 0 Å². The number of Topliss-reactive ketones (excluding diaryl/α,β-unsaturated/α-hetero) is 1. The average Bonchev–Trinajstić information content (AvgIpc) is 2.76. The highest BCUT2D eigenvalue weighted by atomic mass is 19.1. The second kappa shape index (κ2) is 5.37. The van der Waals surface area contributed by atoms with Crippen LogP contribution in [0.4, 0.5) is 10.1 Å². The van der Waals surface area contributed by atoms with E-state index in [-0.39, 0.29) is 24.0 Å². The number of nitrogens with zero attached hydrogens (tertiary/aromatic N) is 2. The number of piperidine rings is 1. The van der Waals surface area contributed by atoms with E-state index in [0.29, 0.717) is 31.6 Å². The van der Waals surface area contributed by atoms with E-state index in [1.807, 2.05) is 4.90 Å². The Balaban J connectivity index is 1.79. The largest absolute Gasteiger partial charge is 0.300 e. The molecule has 5 nitrogen and oxygen atoms in total. The van der Waals surface area contributed by atoms with Crippen LogP contribution >= 0.6 is 0 Å². The molecule has 2 heterocycles. The molecular weight excluding hydrogens is 275 g/mol. The van der Waals surface area contributed by atoms with Crippen molar-refractivity contribution in [3.8, 4) is 0 Å². The minimum absolute atomic E-state index is 0.115. The lowest BCUT2D eigenvalue weighted by Gasteiger charge is -2.29. The zero-order chi connectivity index (χ0) is 15.0. The number of benzene rings is 1.